The minimum Gasteiger partial charge on any atom is -0.324 e. The average Bonchev–Trinajstić information content (AvgIpc) is 2.04. The molecule has 1 radical (unpaired) electrons. The molecule has 0 amide bonds. The molecule has 0 aliphatic carbocycles. The van der Waals surface area contributed by atoms with Gasteiger partial charge in [0.1, 0.15) is 0 Å². The zero-order valence-corrected chi connectivity index (χ0v) is 20.6. The molecule has 0 saturated carbocycles. The van der Waals surface area contributed by atoms with Gasteiger partial charge in [0.2, 0.25) is 0 Å². The van der Waals surface area contributed by atoms with Gasteiger partial charge in [-0.05, 0) is 41.5 Å². The first-order valence-corrected chi connectivity index (χ1v) is 13.3. The molecule has 0 aromatic heterocycles. The quantitative estimate of drug-likeness (QED) is 0.400. The van der Waals surface area contributed by atoms with Gasteiger partial charge in [-0.15, -0.1) is 0 Å². The van der Waals surface area contributed by atoms with Gasteiger partial charge in [0.15, 0.2) is 0 Å². The van der Waals surface area contributed by atoms with Crippen LogP contribution in [0, 0.1) is 36.9 Å². The van der Waals surface area contributed by atoms with E-state index in [2.05, 4.69) is 13.6 Å². The summed E-state index contributed by atoms with van der Waals surface area (Å²) in [5.41, 5.74) is 0. The van der Waals surface area contributed by atoms with Gasteiger partial charge in [0.05, 0.1) is 18.3 Å². The SMILES string of the molecule is CC(C)OP(C)(=O)O.CC(C)OP(C)(=O)O.CC(C)OP(C)(=O)O.[Tm]. The van der Waals surface area contributed by atoms with Crippen molar-refractivity contribution in [1.29, 1.82) is 0 Å². The molecule has 0 aromatic carbocycles. The van der Waals surface area contributed by atoms with Crippen LogP contribution in [0.1, 0.15) is 41.5 Å². The molecule has 0 aliphatic heterocycles. The van der Waals surface area contributed by atoms with E-state index < -0.39 is 22.8 Å². The van der Waals surface area contributed by atoms with Gasteiger partial charge in [-0.25, -0.2) is 0 Å². The van der Waals surface area contributed by atoms with Gasteiger partial charge in [0, 0.05) is 56.9 Å². The van der Waals surface area contributed by atoms with E-state index in [9.17, 15) is 13.7 Å². The summed E-state index contributed by atoms with van der Waals surface area (Å²) >= 11 is 0. The summed E-state index contributed by atoms with van der Waals surface area (Å²) in [6, 6.07) is 0. The third-order valence-corrected chi connectivity index (χ3v) is 3.66. The second kappa shape index (κ2) is 15.6. The van der Waals surface area contributed by atoms with E-state index in [1.807, 2.05) is 0 Å². The van der Waals surface area contributed by atoms with E-state index in [0.717, 1.165) is 0 Å². The molecule has 0 heterocycles. The van der Waals surface area contributed by atoms with Gasteiger partial charge >= 0.3 is 22.8 Å². The number of hydrogen-bond donors (Lipinski definition) is 3. The second-order valence-electron chi connectivity index (χ2n) is 5.87. The first-order valence-electron chi connectivity index (χ1n) is 7.21. The van der Waals surface area contributed by atoms with Crippen molar-refractivity contribution in [1.82, 2.24) is 0 Å². The predicted molar refractivity (Wildman–Crippen MR) is 95.9 cm³/mol. The molecule has 3 N–H and O–H groups in total. The molecule has 163 valence electrons. The smallest absolute Gasteiger partial charge is 0.324 e. The molecular weight excluding hydrogens is 550 g/mol. The van der Waals surface area contributed by atoms with Crippen LogP contribution in [0.4, 0.5) is 0 Å². The molecule has 3 unspecified atom stereocenters. The van der Waals surface area contributed by atoms with Gasteiger partial charge < -0.3 is 28.3 Å². The largest absolute Gasteiger partial charge is 0.325 e. The third kappa shape index (κ3) is 51.8. The minimum atomic E-state index is -3.22. The van der Waals surface area contributed by atoms with Crippen LogP contribution in [0.25, 0.3) is 0 Å². The summed E-state index contributed by atoms with van der Waals surface area (Å²) in [6.07, 6.45) is -0.512. The van der Waals surface area contributed by atoms with Crippen LogP contribution in [-0.2, 0) is 27.3 Å². The molecule has 0 bridgehead atoms. The predicted octanol–water partition coefficient (Wildman–Crippen LogP) is 3.68. The van der Waals surface area contributed by atoms with Crippen molar-refractivity contribution < 1.29 is 78.8 Å². The molecule has 0 saturated heterocycles. The van der Waals surface area contributed by atoms with E-state index in [4.69, 9.17) is 14.7 Å². The summed E-state index contributed by atoms with van der Waals surface area (Å²) in [4.78, 5) is 25.6. The first kappa shape index (κ1) is 34.2. The van der Waals surface area contributed by atoms with Gasteiger partial charge in [0.25, 0.3) is 0 Å². The molecule has 0 spiro atoms. The number of rotatable bonds is 6. The molecular formula is C12H33O9P3Tm. The van der Waals surface area contributed by atoms with Crippen LogP contribution in [0.3, 0.4) is 0 Å². The van der Waals surface area contributed by atoms with E-state index in [-0.39, 0.29) is 55.2 Å². The summed E-state index contributed by atoms with van der Waals surface area (Å²) in [5.74, 6) is 0. The normalized spacial score (nSPS) is 17.9. The fourth-order valence-corrected chi connectivity index (χ4v) is 3.52. The summed E-state index contributed by atoms with van der Waals surface area (Å²) in [5, 5.41) is 0. The van der Waals surface area contributed by atoms with Gasteiger partial charge in [-0.3, -0.25) is 13.7 Å². The van der Waals surface area contributed by atoms with Crippen LogP contribution in [0.2, 0.25) is 0 Å². The van der Waals surface area contributed by atoms with Crippen LogP contribution in [0.15, 0.2) is 0 Å². The zero-order chi connectivity index (χ0) is 20.4. The molecule has 25 heavy (non-hydrogen) atoms. The second-order valence-corrected chi connectivity index (χ2v) is 11.3. The van der Waals surface area contributed by atoms with Crippen LogP contribution < -0.4 is 0 Å². The molecule has 13 heteroatoms. The fraction of sp³-hybridized carbons (Fsp3) is 1.00. The van der Waals surface area contributed by atoms with Crippen molar-refractivity contribution in [2.24, 2.45) is 0 Å². The van der Waals surface area contributed by atoms with Crippen molar-refractivity contribution in [3.05, 3.63) is 0 Å². The summed E-state index contributed by atoms with van der Waals surface area (Å²) in [7, 11) is -9.67. The van der Waals surface area contributed by atoms with Gasteiger partial charge in [-0.2, -0.15) is 0 Å². The molecule has 0 fully saturated rings. The Morgan fingerprint density at radius 3 is 0.680 bits per heavy atom. The molecule has 9 nitrogen and oxygen atoms in total. The third-order valence-electron chi connectivity index (χ3n) is 1.22. The minimum absolute atomic E-state index is 0. The zero-order valence-electron chi connectivity index (χ0n) is 16.1. The van der Waals surface area contributed by atoms with Crippen LogP contribution >= 0.6 is 22.8 Å². The fourth-order valence-electron chi connectivity index (χ4n) is 1.17. The Kier molecular flexibility index (Phi) is 21.3. The summed E-state index contributed by atoms with van der Waals surface area (Å²) in [6.45, 7) is 13.8. The van der Waals surface area contributed by atoms with Crippen molar-refractivity contribution in [2.75, 3.05) is 20.0 Å². The van der Waals surface area contributed by atoms with Crippen LogP contribution in [0.5, 0.6) is 0 Å². The van der Waals surface area contributed by atoms with E-state index >= 15 is 0 Å². The first-order chi connectivity index (χ1) is 10.2. The monoisotopic (exact) mass is 583 g/mol. The molecule has 3 atom stereocenters. The van der Waals surface area contributed by atoms with E-state index in [1.165, 1.54) is 20.0 Å². The van der Waals surface area contributed by atoms with Crippen LogP contribution in [-0.4, -0.2) is 53.0 Å². The van der Waals surface area contributed by atoms with Gasteiger partial charge in [-0.1, -0.05) is 0 Å². The van der Waals surface area contributed by atoms with Crippen molar-refractivity contribution in [3.63, 3.8) is 0 Å². The Morgan fingerprint density at radius 2 is 0.680 bits per heavy atom. The maximum absolute atomic E-state index is 10.4. The van der Waals surface area contributed by atoms with E-state index in [1.54, 1.807) is 41.5 Å². The standard InChI is InChI=1S/3C4H11O3P.Tm/c3*1-4(2)7-8(3,5)6;/h3*4H,1-3H3,(H,5,6);. The molecule has 0 aliphatic rings. The van der Waals surface area contributed by atoms with Crippen molar-refractivity contribution in [2.45, 2.75) is 59.9 Å². The Morgan fingerprint density at radius 1 is 0.560 bits per heavy atom. The Labute approximate surface area is 180 Å². The molecule has 0 aromatic rings. The maximum atomic E-state index is 10.4. The topological polar surface area (TPSA) is 140 Å². The summed E-state index contributed by atoms with van der Waals surface area (Å²) < 4.78 is 44.7. The maximum Gasteiger partial charge on any atom is 0.325 e. The van der Waals surface area contributed by atoms with E-state index in [0.29, 0.717) is 0 Å². The average molecular weight is 583 g/mol. The van der Waals surface area contributed by atoms with Crippen molar-refractivity contribution in [3.8, 4) is 0 Å². The Hall–Kier alpha value is 1.68. The van der Waals surface area contributed by atoms with Crippen molar-refractivity contribution >= 4 is 22.8 Å². The number of hydrogen-bond acceptors (Lipinski definition) is 6. The molecule has 0 rings (SSSR count). The Balaban J connectivity index is -0.000000130. The Bertz CT molecular complexity index is 384.